The van der Waals surface area contributed by atoms with Crippen LogP contribution in [0.2, 0.25) is 0 Å². The normalized spacial score (nSPS) is 13.6. The molecule has 5 aromatic rings. The fraction of sp³-hybridized carbons (Fsp3) is 0.0303. The molecule has 4 aromatic carbocycles. The van der Waals surface area contributed by atoms with Crippen LogP contribution in [0.15, 0.2) is 138 Å². The second-order valence-corrected chi connectivity index (χ2v) is 8.92. The fourth-order valence-electron chi connectivity index (χ4n) is 5.26. The zero-order valence-corrected chi connectivity index (χ0v) is 19.7. The number of hydrogen-bond donors (Lipinski definition) is 0. The van der Waals surface area contributed by atoms with E-state index in [0.29, 0.717) is 0 Å². The van der Waals surface area contributed by atoms with Crippen molar-refractivity contribution in [2.75, 3.05) is 0 Å². The van der Waals surface area contributed by atoms with Gasteiger partial charge in [-0.2, -0.15) is 0 Å². The van der Waals surface area contributed by atoms with E-state index < -0.39 is 0 Å². The maximum Gasteiger partial charge on any atom is 0.290 e. The van der Waals surface area contributed by atoms with Crippen LogP contribution in [0, 0.1) is 6.92 Å². The average molecular weight is 448 g/mol. The number of rotatable bonds is 5. The second kappa shape index (κ2) is 9.16. The van der Waals surface area contributed by atoms with Crippen LogP contribution in [0.5, 0.6) is 0 Å². The zero-order valence-electron chi connectivity index (χ0n) is 19.7. The Hall–Kier alpha value is -4.30. The lowest BCUT2D eigenvalue weighted by molar-refractivity contribution is 0.564. The molecule has 0 N–H and O–H groups in total. The smallest absolute Gasteiger partial charge is 0.290 e. The highest BCUT2D eigenvalue weighted by molar-refractivity contribution is 7.08. The molecular weight excluding hydrogens is 423 g/mol. The molecule has 0 spiro atoms. The van der Waals surface area contributed by atoms with Crippen LogP contribution >= 0.6 is 0 Å². The Bertz CT molecular complexity index is 1410. The van der Waals surface area contributed by atoms with Gasteiger partial charge in [-0.1, -0.05) is 121 Å². The third-order valence-electron chi connectivity index (χ3n) is 6.71. The summed E-state index contributed by atoms with van der Waals surface area (Å²) in [5.74, 6) is 0.925. The van der Waals surface area contributed by atoms with Crippen molar-refractivity contribution in [2.24, 2.45) is 0 Å². The second-order valence-electron chi connectivity index (χ2n) is 8.92. The Morgan fingerprint density at radius 1 is 0.429 bits per heavy atom. The minimum Gasteiger partial charge on any atom is -0.476 e. The van der Waals surface area contributed by atoms with Crippen molar-refractivity contribution in [3.05, 3.63) is 161 Å². The van der Waals surface area contributed by atoms with Gasteiger partial charge in [0, 0.05) is 0 Å². The maximum atomic E-state index is 6.37. The lowest BCUT2D eigenvalue weighted by Gasteiger charge is -2.16. The van der Waals surface area contributed by atoms with Crippen molar-refractivity contribution in [1.82, 2.24) is 0 Å². The number of furan rings is 1. The Morgan fingerprint density at radius 3 is 1.14 bits per heavy atom. The molecule has 6 rings (SSSR count). The summed E-state index contributed by atoms with van der Waals surface area (Å²) in [5, 5.41) is 0. The van der Waals surface area contributed by atoms with Crippen molar-refractivity contribution in [1.29, 1.82) is 0 Å². The molecular formula is C33H25BO. The Labute approximate surface area is 207 Å². The zero-order chi connectivity index (χ0) is 23.6. The SMILES string of the molecule is Cc1ccc(B2C(c3ccccc3)=C(c3ccccc3)C(c3ccccc3)=C2c2ccccc2)o1. The predicted molar refractivity (Wildman–Crippen MR) is 148 cm³/mol. The van der Waals surface area contributed by atoms with Crippen LogP contribution in [0.4, 0.5) is 0 Å². The highest BCUT2D eigenvalue weighted by atomic mass is 16.3. The Morgan fingerprint density at radius 2 is 0.800 bits per heavy atom. The summed E-state index contributed by atoms with van der Waals surface area (Å²) in [6.07, 6.45) is 0. The van der Waals surface area contributed by atoms with Crippen LogP contribution in [0.1, 0.15) is 28.0 Å². The Balaban J connectivity index is 1.77. The summed E-state index contributed by atoms with van der Waals surface area (Å²) in [6, 6.07) is 47.3. The van der Waals surface area contributed by atoms with E-state index in [4.69, 9.17) is 4.42 Å². The van der Waals surface area contributed by atoms with Crippen molar-refractivity contribution in [2.45, 2.75) is 6.92 Å². The summed E-state index contributed by atoms with van der Waals surface area (Å²) < 4.78 is 6.37. The molecule has 1 aliphatic rings. The number of benzene rings is 4. The van der Waals surface area contributed by atoms with E-state index in [0.717, 1.165) is 11.4 Å². The van der Waals surface area contributed by atoms with E-state index in [1.54, 1.807) is 0 Å². The van der Waals surface area contributed by atoms with E-state index in [9.17, 15) is 0 Å². The lowest BCUT2D eigenvalue weighted by atomic mass is 9.37. The molecule has 0 amide bonds. The lowest BCUT2D eigenvalue weighted by Crippen LogP contribution is -2.31. The van der Waals surface area contributed by atoms with Gasteiger partial charge in [-0.05, 0) is 63.4 Å². The van der Waals surface area contributed by atoms with E-state index >= 15 is 0 Å². The molecule has 0 saturated carbocycles. The van der Waals surface area contributed by atoms with E-state index in [2.05, 4.69) is 133 Å². The molecule has 35 heavy (non-hydrogen) atoms. The first-order valence-corrected chi connectivity index (χ1v) is 12.1. The summed E-state index contributed by atoms with van der Waals surface area (Å²) in [4.78, 5) is 0. The summed E-state index contributed by atoms with van der Waals surface area (Å²) in [5.41, 5.74) is 10.9. The summed E-state index contributed by atoms with van der Waals surface area (Å²) in [7, 11) is 0. The van der Waals surface area contributed by atoms with Gasteiger partial charge in [0.05, 0.1) is 11.4 Å². The van der Waals surface area contributed by atoms with E-state index in [1.165, 1.54) is 44.3 Å². The van der Waals surface area contributed by atoms with Crippen LogP contribution < -0.4 is 5.66 Å². The van der Waals surface area contributed by atoms with Crippen molar-refractivity contribution in [3.8, 4) is 0 Å². The quantitative estimate of drug-likeness (QED) is 0.252. The largest absolute Gasteiger partial charge is 0.476 e. The number of allylic oxidation sites excluding steroid dienone is 2. The number of hydrogen-bond acceptors (Lipinski definition) is 1. The summed E-state index contributed by atoms with van der Waals surface area (Å²) >= 11 is 0. The van der Waals surface area contributed by atoms with Gasteiger partial charge in [-0.3, -0.25) is 0 Å². The third-order valence-corrected chi connectivity index (χ3v) is 6.71. The molecule has 0 atom stereocenters. The molecule has 0 radical (unpaired) electrons. The average Bonchev–Trinajstić information content (AvgIpc) is 3.52. The number of aryl methyl sites for hydroxylation is 1. The first kappa shape index (κ1) is 21.3. The first-order chi connectivity index (χ1) is 17.3. The minimum absolute atomic E-state index is 0.0288. The van der Waals surface area contributed by atoms with Gasteiger partial charge in [0.1, 0.15) is 0 Å². The molecule has 0 bridgehead atoms. The van der Waals surface area contributed by atoms with Crippen molar-refractivity contribution in [3.63, 3.8) is 0 Å². The van der Waals surface area contributed by atoms with Crippen molar-refractivity contribution < 1.29 is 4.42 Å². The molecule has 1 aliphatic heterocycles. The molecule has 2 heterocycles. The third kappa shape index (κ3) is 3.88. The van der Waals surface area contributed by atoms with Crippen LogP contribution in [0.25, 0.3) is 22.1 Å². The topological polar surface area (TPSA) is 13.1 Å². The van der Waals surface area contributed by atoms with Gasteiger partial charge in [-0.25, -0.2) is 0 Å². The monoisotopic (exact) mass is 448 g/mol. The molecule has 166 valence electrons. The maximum absolute atomic E-state index is 6.37. The van der Waals surface area contributed by atoms with Gasteiger partial charge in [0.2, 0.25) is 0 Å². The Kier molecular flexibility index (Phi) is 5.56. The first-order valence-electron chi connectivity index (χ1n) is 12.1. The van der Waals surface area contributed by atoms with Gasteiger partial charge >= 0.3 is 0 Å². The van der Waals surface area contributed by atoms with Crippen LogP contribution in [-0.2, 0) is 0 Å². The molecule has 1 nitrogen and oxygen atoms in total. The standard InChI is InChI=1S/C33H25BO/c1-24-22-23-29(35-24)34-32(27-18-10-4-11-19-27)30(25-14-6-2-7-15-25)31(26-16-8-3-9-17-26)33(34)28-20-12-5-13-21-28/h2-23H,1H3. The minimum atomic E-state index is -0.0288. The van der Waals surface area contributed by atoms with E-state index in [1.807, 2.05) is 6.92 Å². The fourth-order valence-corrected chi connectivity index (χ4v) is 5.26. The van der Waals surface area contributed by atoms with Crippen LogP contribution in [0.3, 0.4) is 0 Å². The van der Waals surface area contributed by atoms with Gasteiger partial charge in [0.15, 0.2) is 0 Å². The van der Waals surface area contributed by atoms with Gasteiger partial charge in [-0.15, -0.1) is 0 Å². The molecule has 1 aromatic heterocycles. The summed E-state index contributed by atoms with van der Waals surface area (Å²) in [6.45, 7) is 1.99. The molecule has 2 heteroatoms. The molecule has 0 fully saturated rings. The molecule has 0 unspecified atom stereocenters. The van der Waals surface area contributed by atoms with Gasteiger partial charge < -0.3 is 4.42 Å². The molecule has 0 saturated heterocycles. The van der Waals surface area contributed by atoms with E-state index in [-0.39, 0.29) is 6.71 Å². The molecule has 0 aliphatic carbocycles. The van der Waals surface area contributed by atoms with Crippen LogP contribution in [-0.4, -0.2) is 6.71 Å². The predicted octanol–water partition coefficient (Wildman–Crippen LogP) is 7.60. The highest BCUT2D eigenvalue weighted by Gasteiger charge is 2.42. The highest BCUT2D eigenvalue weighted by Crippen LogP contribution is 2.50. The van der Waals surface area contributed by atoms with Crippen molar-refractivity contribution >= 4 is 34.5 Å². The van der Waals surface area contributed by atoms with Gasteiger partial charge in [0.25, 0.3) is 6.71 Å².